The summed E-state index contributed by atoms with van der Waals surface area (Å²) in [5.41, 5.74) is 6.79. The van der Waals surface area contributed by atoms with Crippen LogP contribution >= 0.6 is 0 Å². The van der Waals surface area contributed by atoms with Gasteiger partial charge in [0.1, 0.15) is 0 Å². The Bertz CT molecular complexity index is 889. The summed E-state index contributed by atoms with van der Waals surface area (Å²) in [7, 11) is -1.54. The third kappa shape index (κ3) is 4.47. The zero-order chi connectivity index (χ0) is 26.9. The Balaban J connectivity index is 1.60. The van der Waals surface area contributed by atoms with Crippen LogP contribution in [-0.4, -0.2) is 14.4 Å². The van der Waals surface area contributed by atoms with E-state index in [9.17, 15) is 0 Å². The zero-order valence-corrected chi connectivity index (χ0v) is 27.1. The van der Waals surface area contributed by atoms with E-state index in [1.807, 2.05) is 11.1 Å². The van der Waals surface area contributed by atoms with Crippen molar-refractivity contribution in [3.63, 3.8) is 0 Å². The minimum Gasteiger partial charge on any atom is -0.414 e. The van der Waals surface area contributed by atoms with Gasteiger partial charge in [-0.3, -0.25) is 0 Å². The first-order chi connectivity index (χ1) is 16.5. The molecule has 206 valence electrons. The average molecular weight is 513 g/mol. The predicted octanol–water partition coefficient (Wildman–Crippen LogP) is 10.6. The SMILES string of the molecule is C=C(CC[C@@H](C)[C@H]1CC[C@@]2(C)C3=C(CC[C@]12C)[C@@]1(C)CCC(O[Si](C)(C)C)C(C)(C)[C@@H]1CC3)C(C)C. The van der Waals surface area contributed by atoms with Crippen molar-refractivity contribution in [3.05, 3.63) is 23.3 Å². The van der Waals surface area contributed by atoms with Gasteiger partial charge in [-0.25, -0.2) is 0 Å². The van der Waals surface area contributed by atoms with Gasteiger partial charge in [-0.1, -0.05) is 78.7 Å². The van der Waals surface area contributed by atoms with Gasteiger partial charge >= 0.3 is 0 Å². The lowest BCUT2D eigenvalue weighted by atomic mass is 9.43. The van der Waals surface area contributed by atoms with Crippen LogP contribution in [0.25, 0.3) is 0 Å². The Morgan fingerprint density at radius 3 is 2.19 bits per heavy atom. The first-order valence-corrected chi connectivity index (χ1v) is 19.0. The van der Waals surface area contributed by atoms with Crippen LogP contribution in [-0.2, 0) is 4.43 Å². The van der Waals surface area contributed by atoms with Gasteiger partial charge < -0.3 is 4.43 Å². The molecule has 4 aliphatic rings. The molecule has 2 fully saturated rings. The van der Waals surface area contributed by atoms with Gasteiger partial charge in [-0.05, 0) is 129 Å². The fraction of sp³-hybridized carbons (Fsp3) is 0.882. The predicted molar refractivity (Wildman–Crippen MR) is 160 cm³/mol. The van der Waals surface area contributed by atoms with Crippen LogP contribution in [0.5, 0.6) is 0 Å². The summed E-state index contributed by atoms with van der Waals surface area (Å²) >= 11 is 0. The third-order valence-corrected chi connectivity index (χ3v) is 13.7. The van der Waals surface area contributed by atoms with E-state index in [1.165, 1.54) is 69.8 Å². The fourth-order valence-electron chi connectivity index (χ4n) is 10.2. The largest absolute Gasteiger partial charge is 0.414 e. The smallest absolute Gasteiger partial charge is 0.184 e. The van der Waals surface area contributed by atoms with Gasteiger partial charge in [0, 0.05) is 0 Å². The van der Waals surface area contributed by atoms with E-state index in [4.69, 9.17) is 4.43 Å². The van der Waals surface area contributed by atoms with E-state index in [0.29, 0.717) is 28.3 Å². The third-order valence-electron chi connectivity index (χ3n) is 12.7. The summed E-state index contributed by atoms with van der Waals surface area (Å²) in [6.45, 7) is 31.9. The Morgan fingerprint density at radius 2 is 1.58 bits per heavy atom. The molecule has 0 radical (unpaired) electrons. The molecule has 0 amide bonds. The molecule has 0 aromatic carbocycles. The van der Waals surface area contributed by atoms with Crippen molar-refractivity contribution < 1.29 is 4.43 Å². The molecule has 0 bridgehead atoms. The highest BCUT2D eigenvalue weighted by molar-refractivity contribution is 6.69. The Hall–Kier alpha value is -0.343. The molecular formula is C34H60OSi. The number of rotatable bonds is 7. The maximum atomic E-state index is 6.84. The maximum Gasteiger partial charge on any atom is 0.184 e. The van der Waals surface area contributed by atoms with Gasteiger partial charge in [0.15, 0.2) is 8.32 Å². The van der Waals surface area contributed by atoms with Gasteiger partial charge in [0.05, 0.1) is 6.10 Å². The summed E-state index contributed by atoms with van der Waals surface area (Å²) < 4.78 is 6.84. The van der Waals surface area contributed by atoms with Crippen molar-refractivity contribution in [3.8, 4) is 0 Å². The van der Waals surface area contributed by atoms with E-state index in [0.717, 1.165) is 17.8 Å². The van der Waals surface area contributed by atoms with Crippen LogP contribution in [0.2, 0.25) is 19.6 Å². The van der Waals surface area contributed by atoms with Crippen molar-refractivity contribution in [1.29, 1.82) is 0 Å². The van der Waals surface area contributed by atoms with E-state index >= 15 is 0 Å². The van der Waals surface area contributed by atoms with Crippen molar-refractivity contribution in [2.24, 2.45) is 45.3 Å². The van der Waals surface area contributed by atoms with Gasteiger partial charge in [0.25, 0.3) is 0 Å². The first kappa shape index (κ1) is 28.7. The number of allylic oxidation sites excluding steroid dienone is 3. The van der Waals surface area contributed by atoms with E-state index in [1.54, 1.807) is 0 Å². The average Bonchev–Trinajstić information content (AvgIpc) is 3.04. The summed E-state index contributed by atoms with van der Waals surface area (Å²) in [5.74, 6) is 3.04. The molecule has 4 aliphatic carbocycles. The van der Waals surface area contributed by atoms with Gasteiger partial charge in [0.2, 0.25) is 0 Å². The molecule has 0 heterocycles. The lowest BCUT2D eigenvalue weighted by Crippen LogP contribution is -2.56. The second kappa shape index (κ2) is 9.39. The molecule has 0 aliphatic heterocycles. The van der Waals surface area contributed by atoms with Crippen molar-refractivity contribution in [2.45, 2.75) is 145 Å². The van der Waals surface area contributed by atoms with Crippen molar-refractivity contribution in [1.82, 2.24) is 0 Å². The zero-order valence-electron chi connectivity index (χ0n) is 26.1. The molecule has 2 heteroatoms. The molecular weight excluding hydrogens is 452 g/mol. The molecule has 0 saturated heterocycles. The van der Waals surface area contributed by atoms with E-state index in [-0.39, 0.29) is 5.41 Å². The molecule has 1 nitrogen and oxygen atoms in total. The Morgan fingerprint density at radius 1 is 0.917 bits per heavy atom. The molecule has 2 saturated carbocycles. The molecule has 0 N–H and O–H groups in total. The van der Waals surface area contributed by atoms with E-state index in [2.05, 4.69) is 81.6 Å². The monoisotopic (exact) mass is 512 g/mol. The van der Waals surface area contributed by atoms with Crippen LogP contribution in [0, 0.1) is 45.3 Å². The number of fused-ring (bicyclic) bond motifs is 4. The summed E-state index contributed by atoms with van der Waals surface area (Å²) in [6, 6.07) is 0. The minimum atomic E-state index is -1.54. The minimum absolute atomic E-state index is 0.263. The molecule has 36 heavy (non-hydrogen) atoms. The van der Waals surface area contributed by atoms with Crippen molar-refractivity contribution >= 4 is 8.32 Å². The normalized spacial score (nSPS) is 41.1. The Labute approximate surface area is 226 Å². The summed E-state index contributed by atoms with van der Waals surface area (Å²) in [5, 5.41) is 0. The molecule has 0 aromatic rings. The fourth-order valence-corrected chi connectivity index (χ4v) is 11.4. The van der Waals surface area contributed by atoms with Crippen LogP contribution in [0.4, 0.5) is 0 Å². The van der Waals surface area contributed by atoms with Gasteiger partial charge in [-0.15, -0.1) is 0 Å². The van der Waals surface area contributed by atoms with Crippen LogP contribution in [0.3, 0.4) is 0 Å². The van der Waals surface area contributed by atoms with Crippen LogP contribution < -0.4 is 0 Å². The lowest BCUT2D eigenvalue weighted by molar-refractivity contribution is -0.0885. The molecule has 7 atom stereocenters. The van der Waals surface area contributed by atoms with E-state index < -0.39 is 8.32 Å². The van der Waals surface area contributed by atoms with Gasteiger partial charge in [-0.2, -0.15) is 0 Å². The highest BCUT2D eigenvalue weighted by Gasteiger charge is 2.63. The highest BCUT2D eigenvalue weighted by Crippen LogP contribution is 2.72. The second-order valence-electron chi connectivity index (χ2n) is 16.3. The topological polar surface area (TPSA) is 9.23 Å². The molecule has 0 aromatic heterocycles. The van der Waals surface area contributed by atoms with Crippen LogP contribution in [0.15, 0.2) is 23.3 Å². The number of hydrogen-bond acceptors (Lipinski definition) is 1. The second-order valence-corrected chi connectivity index (χ2v) is 20.7. The van der Waals surface area contributed by atoms with Crippen molar-refractivity contribution in [2.75, 3.05) is 0 Å². The summed E-state index contributed by atoms with van der Waals surface area (Å²) in [4.78, 5) is 0. The lowest BCUT2D eigenvalue weighted by Gasteiger charge is -2.63. The quantitative estimate of drug-likeness (QED) is 0.243. The first-order valence-electron chi connectivity index (χ1n) is 15.6. The molecule has 4 rings (SSSR count). The standard InChI is InChI=1S/C34H60OSi/c1-23(2)24(3)13-14-25(4)26-17-21-34(9)28-15-16-29-31(5,6)30(35-36(10,11)12)19-20-32(29,7)27(28)18-22-33(26,34)8/h23,25-26,29-30H,3,13-22H2,1-2,4-12H3/t25-,26-,29+,30?,32-,33-,34+/m1/s1. The Kier molecular flexibility index (Phi) is 7.48. The molecule has 0 spiro atoms. The van der Waals surface area contributed by atoms with Crippen LogP contribution in [0.1, 0.15) is 120 Å². The maximum absolute atomic E-state index is 6.84. The molecule has 1 unspecified atom stereocenters. The highest BCUT2D eigenvalue weighted by atomic mass is 28.4. The number of hydrogen-bond donors (Lipinski definition) is 0. The summed E-state index contributed by atoms with van der Waals surface area (Å²) in [6.07, 6.45) is 13.9.